The third kappa shape index (κ3) is 2.98. The quantitative estimate of drug-likeness (QED) is 0.674. The van der Waals surface area contributed by atoms with E-state index in [0.29, 0.717) is 0 Å². The summed E-state index contributed by atoms with van der Waals surface area (Å²) in [4.78, 5) is 10.5. The van der Waals surface area contributed by atoms with Gasteiger partial charge in [0.2, 0.25) is 0 Å². The van der Waals surface area contributed by atoms with Crippen LogP contribution >= 0.6 is 0 Å². The Kier molecular flexibility index (Phi) is 3.92. The zero-order valence-corrected chi connectivity index (χ0v) is 11.0. The Balaban J connectivity index is 2.53. The van der Waals surface area contributed by atoms with Crippen molar-refractivity contribution in [1.82, 2.24) is 5.32 Å². The molecule has 2 aromatic rings. The van der Waals surface area contributed by atoms with Crippen LogP contribution in [0.5, 0.6) is 0 Å². The van der Waals surface area contributed by atoms with Gasteiger partial charge in [0.1, 0.15) is 0 Å². The molecule has 0 aliphatic heterocycles. The summed E-state index contributed by atoms with van der Waals surface area (Å²) < 4.78 is 0. The molecule has 0 aromatic heterocycles. The second-order valence-electron chi connectivity index (χ2n) is 4.50. The number of non-ortho nitro benzene ring substituents is 1. The molecule has 0 bridgehead atoms. The SMILES string of the molecule is CNCc1ccc(C)cc1-c1cccc([N+](=O)[O-])c1. The van der Waals surface area contributed by atoms with Crippen LogP contribution in [-0.2, 0) is 6.54 Å². The summed E-state index contributed by atoms with van der Waals surface area (Å²) in [6.07, 6.45) is 0. The van der Waals surface area contributed by atoms with E-state index >= 15 is 0 Å². The minimum atomic E-state index is -0.364. The van der Waals surface area contributed by atoms with Gasteiger partial charge in [0.15, 0.2) is 0 Å². The van der Waals surface area contributed by atoms with Crippen LogP contribution in [0.2, 0.25) is 0 Å². The number of nitro groups is 1. The van der Waals surface area contributed by atoms with Crippen molar-refractivity contribution in [2.24, 2.45) is 0 Å². The van der Waals surface area contributed by atoms with Crippen molar-refractivity contribution in [2.45, 2.75) is 13.5 Å². The molecule has 0 aliphatic rings. The van der Waals surface area contributed by atoms with E-state index in [1.54, 1.807) is 12.1 Å². The van der Waals surface area contributed by atoms with E-state index in [-0.39, 0.29) is 10.6 Å². The lowest BCUT2D eigenvalue weighted by Crippen LogP contribution is -2.06. The van der Waals surface area contributed by atoms with Crippen LogP contribution in [0.4, 0.5) is 5.69 Å². The average Bonchev–Trinajstić information content (AvgIpc) is 2.41. The van der Waals surface area contributed by atoms with Crippen LogP contribution < -0.4 is 5.32 Å². The molecule has 0 unspecified atom stereocenters. The average molecular weight is 256 g/mol. The molecular weight excluding hydrogens is 240 g/mol. The number of rotatable bonds is 4. The molecule has 19 heavy (non-hydrogen) atoms. The van der Waals surface area contributed by atoms with Gasteiger partial charge in [-0.05, 0) is 30.7 Å². The van der Waals surface area contributed by atoms with Crippen molar-refractivity contribution in [1.29, 1.82) is 0 Å². The first-order valence-corrected chi connectivity index (χ1v) is 6.11. The highest BCUT2D eigenvalue weighted by Crippen LogP contribution is 2.28. The molecule has 98 valence electrons. The molecule has 0 radical (unpaired) electrons. The predicted octanol–water partition coefficient (Wildman–Crippen LogP) is 3.29. The highest BCUT2D eigenvalue weighted by atomic mass is 16.6. The van der Waals surface area contributed by atoms with Crippen molar-refractivity contribution >= 4 is 5.69 Å². The molecule has 0 saturated carbocycles. The van der Waals surface area contributed by atoms with E-state index in [1.807, 2.05) is 26.1 Å². The van der Waals surface area contributed by atoms with Crippen molar-refractivity contribution in [2.75, 3.05) is 7.05 Å². The molecule has 2 aromatic carbocycles. The molecule has 1 N–H and O–H groups in total. The van der Waals surface area contributed by atoms with Crippen molar-refractivity contribution in [3.8, 4) is 11.1 Å². The first-order valence-electron chi connectivity index (χ1n) is 6.11. The number of nitro benzene ring substituents is 1. The lowest BCUT2D eigenvalue weighted by atomic mass is 9.97. The lowest BCUT2D eigenvalue weighted by Gasteiger charge is -2.10. The van der Waals surface area contributed by atoms with Gasteiger partial charge < -0.3 is 5.32 Å². The van der Waals surface area contributed by atoms with Gasteiger partial charge in [-0.1, -0.05) is 35.9 Å². The summed E-state index contributed by atoms with van der Waals surface area (Å²) in [5, 5.41) is 14.0. The van der Waals surface area contributed by atoms with Crippen LogP contribution in [0.25, 0.3) is 11.1 Å². The largest absolute Gasteiger partial charge is 0.316 e. The summed E-state index contributed by atoms with van der Waals surface area (Å²) in [5.74, 6) is 0. The number of aryl methyl sites for hydroxylation is 1. The van der Waals surface area contributed by atoms with Crippen LogP contribution in [0.1, 0.15) is 11.1 Å². The first-order chi connectivity index (χ1) is 9.11. The molecule has 4 heteroatoms. The van der Waals surface area contributed by atoms with Gasteiger partial charge in [0, 0.05) is 18.7 Å². The van der Waals surface area contributed by atoms with E-state index in [2.05, 4.69) is 17.4 Å². The van der Waals surface area contributed by atoms with E-state index in [9.17, 15) is 10.1 Å². The Labute approximate surface area is 112 Å². The van der Waals surface area contributed by atoms with Crippen LogP contribution in [0.15, 0.2) is 42.5 Å². The molecule has 2 rings (SSSR count). The zero-order chi connectivity index (χ0) is 13.8. The summed E-state index contributed by atoms with van der Waals surface area (Å²) >= 11 is 0. The number of hydrogen-bond acceptors (Lipinski definition) is 3. The van der Waals surface area contributed by atoms with Crippen molar-refractivity contribution in [3.63, 3.8) is 0 Å². The van der Waals surface area contributed by atoms with E-state index in [0.717, 1.165) is 28.8 Å². The molecule has 0 saturated heterocycles. The Morgan fingerprint density at radius 3 is 2.68 bits per heavy atom. The van der Waals surface area contributed by atoms with Gasteiger partial charge in [0.25, 0.3) is 5.69 Å². The first kappa shape index (κ1) is 13.2. The maximum Gasteiger partial charge on any atom is 0.270 e. The minimum absolute atomic E-state index is 0.120. The third-order valence-corrected chi connectivity index (χ3v) is 3.00. The molecule has 0 amide bonds. The maximum absolute atomic E-state index is 10.9. The normalized spacial score (nSPS) is 10.4. The Morgan fingerprint density at radius 1 is 1.21 bits per heavy atom. The minimum Gasteiger partial charge on any atom is -0.316 e. The van der Waals surface area contributed by atoms with Gasteiger partial charge in [-0.25, -0.2) is 0 Å². The molecule has 0 aliphatic carbocycles. The summed E-state index contributed by atoms with van der Waals surface area (Å²) in [5.41, 5.74) is 4.31. The Bertz CT molecular complexity index is 609. The van der Waals surface area contributed by atoms with Crippen molar-refractivity contribution in [3.05, 3.63) is 63.7 Å². The van der Waals surface area contributed by atoms with Crippen LogP contribution in [-0.4, -0.2) is 12.0 Å². The van der Waals surface area contributed by atoms with E-state index in [1.165, 1.54) is 6.07 Å². The fraction of sp³-hybridized carbons (Fsp3) is 0.200. The topological polar surface area (TPSA) is 55.2 Å². The van der Waals surface area contributed by atoms with E-state index < -0.39 is 0 Å². The lowest BCUT2D eigenvalue weighted by molar-refractivity contribution is -0.384. The number of nitrogens with one attached hydrogen (secondary N) is 1. The van der Waals surface area contributed by atoms with Gasteiger partial charge in [-0.3, -0.25) is 10.1 Å². The smallest absolute Gasteiger partial charge is 0.270 e. The molecule has 0 spiro atoms. The molecule has 0 heterocycles. The van der Waals surface area contributed by atoms with Gasteiger partial charge >= 0.3 is 0 Å². The second kappa shape index (κ2) is 5.63. The van der Waals surface area contributed by atoms with Crippen molar-refractivity contribution < 1.29 is 4.92 Å². The van der Waals surface area contributed by atoms with E-state index in [4.69, 9.17) is 0 Å². The fourth-order valence-corrected chi connectivity index (χ4v) is 2.09. The zero-order valence-electron chi connectivity index (χ0n) is 11.0. The molecule has 0 fully saturated rings. The number of nitrogens with zero attached hydrogens (tertiary/aromatic N) is 1. The highest BCUT2D eigenvalue weighted by molar-refractivity contribution is 5.70. The molecule has 0 atom stereocenters. The number of benzene rings is 2. The predicted molar refractivity (Wildman–Crippen MR) is 76.0 cm³/mol. The summed E-state index contributed by atoms with van der Waals surface area (Å²) in [6, 6.07) is 12.9. The Morgan fingerprint density at radius 2 is 2.00 bits per heavy atom. The number of hydrogen-bond donors (Lipinski definition) is 1. The van der Waals surface area contributed by atoms with Crippen LogP contribution in [0.3, 0.4) is 0 Å². The molecular formula is C15H16N2O2. The van der Waals surface area contributed by atoms with Gasteiger partial charge in [-0.2, -0.15) is 0 Å². The summed E-state index contributed by atoms with van der Waals surface area (Å²) in [6.45, 7) is 2.75. The highest BCUT2D eigenvalue weighted by Gasteiger charge is 2.10. The Hall–Kier alpha value is -2.20. The molecule has 4 nitrogen and oxygen atoms in total. The fourth-order valence-electron chi connectivity index (χ4n) is 2.09. The second-order valence-corrected chi connectivity index (χ2v) is 4.50. The maximum atomic E-state index is 10.9. The monoisotopic (exact) mass is 256 g/mol. The third-order valence-electron chi connectivity index (χ3n) is 3.00. The summed E-state index contributed by atoms with van der Waals surface area (Å²) in [7, 11) is 1.89. The van der Waals surface area contributed by atoms with Gasteiger partial charge in [0.05, 0.1) is 4.92 Å². The van der Waals surface area contributed by atoms with Gasteiger partial charge in [-0.15, -0.1) is 0 Å². The van der Waals surface area contributed by atoms with Crippen LogP contribution in [0, 0.1) is 17.0 Å². The standard InChI is InChI=1S/C15H16N2O2/c1-11-6-7-13(10-16-2)15(8-11)12-4-3-5-14(9-12)17(18)19/h3-9,16H,10H2,1-2H3.